The molecular weight excluding hydrogens is 380 g/mol. The van der Waals surface area contributed by atoms with Crippen molar-refractivity contribution in [2.24, 2.45) is 11.3 Å². The molecule has 7 nitrogen and oxygen atoms in total. The molecule has 1 aromatic heterocycles. The number of aliphatic carboxylic acids is 1. The zero-order valence-electron chi connectivity index (χ0n) is 18.3. The van der Waals surface area contributed by atoms with Gasteiger partial charge in [-0.25, -0.2) is 9.78 Å². The van der Waals surface area contributed by atoms with Crippen LogP contribution in [-0.4, -0.2) is 33.0 Å². The van der Waals surface area contributed by atoms with Gasteiger partial charge in [-0.2, -0.15) is 0 Å². The molecule has 1 heterocycles. The fraction of sp³-hybridized carbons (Fsp3) is 0.435. The lowest BCUT2D eigenvalue weighted by Crippen LogP contribution is -2.41. The van der Waals surface area contributed by atoms with Crippen LogP contribution in [0.3, 0.4) is 0 Å². The van der Waals surface area contributed by atoms with E-state index in [-0.39, 0.29) is 11.3 Å². The van der Waals surface area contributed by atoms with E-state index in [4.69, 9.17) is 0 Å². The molecule has 1 atom stereocenters. The summed E-state index contributed by atoms with van der Waals surface area (Å²) in [5.41, 5.74) is 2.91. The summed E-state index contributed by atoms with van der Waals surface area (Å²) in [6.07, 6.45) is 7.68. The Balaban J connectivity index is 2.28. The van der Waals surface area contributed by atoms with Crippen molar-refractivity contribution in [3.8, 4) is 0 Å². The quantitative estimate of drug-likeness (QED) is 0.491. The van der Waals surface area contributed by atoms with Crippen LogP contribution in [0.4, 0.5) is 5.69 Å². The number of imidazole rings is 1. The normalized spacial score (nSPS) is 12.9. The van der Waals surface area contributed by atoms with Crippen LogP contribution in [0.2, 0.25) is 0 Å². The monoisotopic (exact) mass is 412 g/mol. The Morgan fingerprint density at radius 3 is 2.57 bits per heavy atom. The van der Waals surface area contributed by atoms with Crippen molar-refractivity contribution in [3.05, 3.63) is 53.6 Å². The minimum Gasteiger partial charge on any atom is -0.480 e. The summed E-state index contributed by atoms with van der Waals surface area (Å²) in [5.74, 6) is -1.26. The molecule has 0 aliphatic heterocycles. The van der Waals surface area contributed by atoms with E-state index in [9.17, 15) is 14.7 Å². The number of carboxylic acid groups (broad SMARTS) is 1. The van der Waals surface area contributed by atoms with Crippen LogP contribution in [0, 0.1) is 11.3 Å². The number of nitrogens with zero attached hydrogens (tertiary/aromatic N) is 1. The average molecular weight is 413 g/mol. The van der Waals surface area contributed by atoms with E-state index >= 15 is 0 Å². The van der Waals surface area contributed by atoms with E-state index in [0.717, 1.165) is 16.9 Å². The van der Waals surface area contributed by atoms with Gasteiger partial charge in [0, 0.05) is 17.4 Å². The molecule has 0 aliphatic rings. The number of carboxylic acids is 1. The second-order valence-corrected chi connectivity index (χ2v) is 8.93. The first kappa shape index (κ1) is 23.2. The van der Waals surface area contributed by atoms with Crippen molar-refractivity contribution in [1.82, 2.24) is 15.3 Å². The van der Waals surface area contributed by atoms with Gasteiger partial charge in [-0.15, -0.1) is 0 Å². The standard InChI is InChI=1S/C23H32N4O3/c1-15(2)10-20(22(29)30)27-21(28)19-7-6-17(25-13-18-12-24-14-26-18)11-16(19)8-9-23(3,4)5/h6-9,11-12,14-15,20,25H,10,13H2,1-5H3,(H,24,26)(H,27,28)(H,29,30)/b9-8+/t20-/m0/s1. The molecular formula is C23H32N4O3. The van der Waals surface area contributed by atoms with Gasteiger partial charge in [0.2, 0.25) is 0 Å². The van der Waals surface area contributed by atoms with Crippen molar-refractivity contribution >= 4 is 23.6 Å². The van der Waals surface area contributed by atoms with Gasteiger partial charge in [0.1, 0.15) is 6.04 Å². The van der Waals surface area contributed by atoms with Gasteiger partial charge in [-0.05, 0) is 41.5 Å². The minimum atomic E-state index is -1.03. The Morgan fingerprint density at radius 2 is 2.00 bits per heavy atom. The van der Waals surface area contributed by atoms with Crippen molar-refractivity contribution < 1.29 is 14.7 Å². The predicted octanol–water partition coefficient (Wildman–Crippen LogP) is 4.31. The lowest BCUT2D eigenvalue weighted by Gasteiger charge is -2.18. The molecule has 0 unspecified atom stereocenters. The van der Waals surface area contributed by atoms with Crippen molar-refractivity contribution in [2.75, 3.05) is 5.32 Å². The van der Waals surface area contributed by atoms with Gasteiger partial charge in [-0.1, -0.05) is 46.8 Å². The Morgan fingerprint density at radius 1 is 1.27 bits per heavy atom. The Hall–Kier alpha value is -3.09. The third-order valence-electron chi connectivity index (χ3n) is 4.41. The third kappa shape index (κ3) is 7.39. The number of anilines is 1. The summed E-state index contributed by atoms with van der Waals surface area (Å²) in [6.45, 7) is 10.7. The fourth-order valence-electron chi connectivity index (χ4n) is 2.86. The number of rotatable bonds is 9. The summed E-state index contributed by atoms with van der Waals surface area (Å²) in [7, 11) is 0. The second-order valence-electron chi connectivity index (χ2n) is 8.93. The molecule has 0 fully saturated rings. The SMILES string of the molecule is CC(C)C[C@H](NC(=O)c1ccc(NCc2cnc[nH]2)cc1/C=C/C(C)(C)C)C(=O)O. The van der Waals surface area contributed by atoms with Crippen molar-refractivity contribution in [2.45, 2.75) is 53.6 Å². The van der Waals surface area contributed by atoms with Gasteiger partial charge in [0.15, 0.2) is 0 Å². The van der Waals surface area contributed by atoms with E-state index in [2.05, 4.69) is 41.4 Å². The maximum Gasteiger partial charge on any atom is 0.326 e. The highest BCUT2D eigenvalue weighted by Crippen LogP contribution is 2.23. The molecule has 0 spiro atoms. The minimum absolute atomic E-state index is 0.0612. The van der Waals surface area contributed by atoms with Crippen molar-refractivity contribution in [1.29, 1.82) is 0 Å². The number of H-pyrrole nitrogens is 1. The van der Waals surface area contributed by atoms with Crippen LogP contribution in [0.5, 0.6) is 0 Å². The summed E-state index contributed by atoms with van der Waals surface area (Å²) >= 11 is 0. The van der Waals surface area contributed by atoms with E-state index in [1.165, 1.54) is 0 Å². The van der Waals surface area contributed by atoms with E-state index in [1.807, 2.05) is 38.1 Å². The number of nitrogens with one attached hydrogen (secondary N) is 3. The van der Waals surface area contributed by atoms with E-state index < -0.39 is 17.9 Å². The second kappa shape index (κ2) is 10.1. The van der Waals surface area contributed by atoms with Crippen LogP contribution in [0.25, 0.3) is 6.08 Å². The highest BCUT2D eigenvalue weighted by Gasteiger charge is 2.23. The number of allylic oxidation sites excluding steroid dienone is 1. The summed E-state index contributed by atoms with van der Waals surface area (Å²) in [5, 5.41) is 15.4. The number of amides is 1. The number of aromatic amines is 1. The molecule has 4 N–H and O–H groups in total. The van der Waals surface area contributed by atoms with Crippen LogP contribution in [0.1, 0.15) is 62.7 Å². The van der Waals surface area contributed by atoms with Gasteiger partial charge < -0.3 is 20.7 Å². The van der Waals surface area contributed by atoms with Gasteiger partial charge in [0.05, 0.1) is 18.6 Å². The highest BCUT2D eigenvalue weighted by molar-refractivity contribution is 6.00. The summed E-state index contributed by atoms with van der Waals surface area (Å²) < 4.78 is 0. The number of hydrogen-bond acceptors (Lipinski definition) is 4. The molecule has 7 heteroatoms. The number of carbonyl (C=O) groups is 2. The van der Waals surface area contributed by atoms with E-state index in [1.54, 1.807) is 18.6 Å². The molecule has 1 amide bonds. The molecule has 2 rings (SSSR count). The molecule has 1 aromatic carbocycles. The molecule has 0 saturated carbocycles. The third-order valence-corrected chi connectivity index (χ3v) is 4.41. The van der Waals surface area contributed by atoms with Crippen molar-refractivity contribution in [3.63, 3.8) is 0 Å². The fourth-order valence-corrected chi connectivity index (χ4v) is 2.86. The van der Waals surface area contributed by atoms with Crippen LogP contribution in [0.15, 0.2) is 36.8 Å². The van der Waals surface area contributed by atoms with Crippen LogP contribution < -0.4 is 10.6 Å². The van der Waals surface area contributed by atoms with E-state index in [0.29, 0.717) is 18.5 Å². The smallest absolute Gasteiger partial charge is 0.326 e. The first-order valence-corrected chi connectivity index (χ1v) is 10.1. The number of benzene rings is 1. The van der Waals surface area contributed by atoms with Crippen LogP contribution in [-0.2, 0) is 11.3 Å². The first-order chi connectivity index (χ1) is 14.0. The maximum atomic E-state index is 12.9. The average Bonchev–Trinajstić information content (AvgIpc) is 3.16. The largest absolute Gasteiger partial charge is 0.480 e. The Labute approximate surface area is 178 Å². The molecule has 162 valence electrons. The number of carbonyl (C=O) groups excluding carboxylic acids is 1. The molecule has 30 heavy (non-hydrogen) atoms. The topological polar surface area (TPSA) is 107 Å². The predicted molar refractivity (Wildman–Crippen MR) is 119 cm³/mol. The zero-order chi connectivity index (χ0) is 22.3. The lowest BCUT2D eigenvalue weighted by atomic mass is 9.94. The van der Waals surface area contributed by atoms with Gasteiger partial charge >= 0.3 is 5.97 Å². The molecule has 0 bridgehead atoms. The lowest BCUT2D eigenvalue weighted by molar-refractivity contribution is -0.139. The zero-order valence-corrected chi connectivity index (χ0v) is 18.3. The first-order valence-electron chi connectivity index (χ1n) is 10.1. The van der Waals surface area contributed by atoms with Gasteiger partial charge in [-0.3, -0.25) is 4.79 Å². The Kier molecular flexibility index (Phi) is 7.80. The Bertz CT molecular complexity index is 880. The number of aromatic nitrogens is 2. The molecule has 0 radical (unpaired) electrons. The maximum absolute atomic E-state index is 12.9. The number of hydrogen-bond donors (Lipinski definition) is 4. The van der Waals surface area contributed by atoms with Gasteiger partial charge in [0.25, 0.3) is 5.91 Å². The van der Waals surface area contributed by atoms with Crippen LogP contribution >= 0.6 is 0 Å². The summed E-state index contributed by atoms with van der Waals surface area (Å²) in [6, 6.07) is 4.51. The highest BCUT2D eigenvalue weighted by atomic mass is 16.4. The summed E-state index contributed by atoms with van der Waals surface area (Å²) in [4.78, 5) is 31.5. The molecule has 2 aromatic rings. The molecule has 0 saturated heterocycles. The molecule has 0 aliphatic carbocycles.